The Labute approximate surface area is 173 Å². The maximum absolute atomic E-state index is 10.4. The van der Waals surface area contributed by atoms with Crippen molar-refractivity contribution >= 4 is 37.0 Å². The number of primary amides is 2. The maximum atomic E-state index is 10.4. The van der Waals surface area contributed by atoms with Crippen LogP contribution in [0.5, 0.6) is 0 Å². The van der Waals surface area contributed by atoms with E-state index in [4.69, 9.17) is 31.6 Å². The van der Waals surface area contributed by atoms with Gasteiger partial charge >= 0.3 is 14.2 Å². The molecular weight excluding hydrogens is 390 g/mol. The summed E-state index contributed by atoms with van der Waals surface area (Å²) in [5.41, 5.74) is 11.5. The third-order valence-corrected chi connectivity index (χ3v) is 3.46. The zero-order valence-corrected chi connectivity index (χ0v) is 15.7. The lowest BCUT2D eigenvalue weighted by Crippen LogP contribution is -2.34. The van der Waals surface area contributed by atoms with Crippen molar-refractivity contribution < 1.29 is 29.7 Å². The summed E-state index contributed by atoms with van der Waals surface area (Å²) >= 11 is 0. The highest BCUT2D eigenvalue weighted by Gasteiger charge is 2.13. The zero-order valence-electron chi connectivity index (χ0n) is 15.7. The predicted molar refractivity (Wildman–Crippen MR) is 112 cm³/mol. The summed E-state index contributed by atoms with van der Waals surface area (Å²) in [6, 6.07) is 12.0. The van der Waals surface area contributed by atoms with E-state index >= 15 is 0 Å². The lowest BCUT2D eigenvalue weighted by Gasteiger charge is -2.01. The molecule has 1 aromatic carbocycles. The molecule has 12 heteroatoms. The van der Waals surface area contributed by atoms with E-state index in [0.717, 1.165) is 0 Å². The number of nitrogens with two attached hydrogens (primary N) is 2. The Hall–Kier alpha value is -3.57. The number of pyridine rings is 2. The minimum Gasteiger partial charge on any atom is -0.423 e. The first-order valence-electron chi connectivity index (χ1n) is 8.44. The number of carbonyl (C=O) groups is 2. The molecule has 0 radical (unpaired) electrons. The molecule has 30 heavy (non-hydrogen) atoms. The van der Waals surface area contributed by atoms with E-state index in [0.29, 0.717) is 22.1 Å². The third kappa shape index (κ3) is 9.08. The van der Waals surface area contributed by atoms with E-state index in [1.165, 1.54) is 49.1 Å². The monoisotopic (exact) mass is 410 g/mol. The quantitative estimate of drug-likeness (QED) is 0.252. The molecule has 0 saturated carbocycles. The average Bonchev–Trinajstić information content (AvgIpc) is 2.76. The summed E-state index contributed by atoms with van der Waals surface area (Å²) in [7, 11) is -3.04. The average molecular weight is 410 g/mol. The Kier molecular flexibility index (Phi) is 10.4. The van der Waals surface area contributed by atoms with Gasteiger partial charge in [0.05, 0.1) is 0 Å². The lowest BCUT2D eigenvalue weighted by molar-refractivity contribution is 0.0991. The van der Waals surface area contributed by atoms with Gasteiger partial charge in [-0.1, -0.05) is 24.3 Å². The normalized spacial score (nSPS) is 9.20. The Morgan fingerprint density at radius 2 is 0.867 bits per heavy atom. The van der Waals surface area contributed by atoms with Crippen molar-refractivity contribution in [2.75, 3.05) is 0 Å². The van der Waals surface area contributed by atoms with Gasteiger partial charge in [0.15, 0.2) is 0 Å². The van der Waals surface area contributed by atoms with Gasteiger partial charge in [-0.05, 0) is 35.2 Å². The first-order valence-corrected chi connectivity index (χ1v) is 8.44. The second kappa shape index (κ2) is 12.8. The van der Waals surface area contributed by atoms with Gasteiger partial charge in [0.25, 0.3) is 0 Å². The number of amides is 2. The van der Waals surface area contributed by atoms with Gasteiger partial charge in [-0.25, -0.2) is 0 Å². The molecule has 0 bridgehead atoms. The Balaban J connectivity index is 0.000000229. The van der Waals surface area contributed by atoms with Crippen molar-refractivity contribution in [3.05, 3.63) is 84.4 Å². The van der Waals surface area contributed by atoms with E-state index < -0.39 is 26.1 Å². The van der Waals surface area contributed by atoms with Gasteiger partial charge in [-0.3, -0.25) is 19.6 Å². The molecule has 154 valence electrons. The number of hydrogen-bond donors (Lipinski definition) is 6. The molecular formula is C18H20B2N4O6. The van der Waals surface area contributed by atoms with Gasteiger partial charge in [-0.2, -0.15) is 0 Å². The number of carbonyl (C=O) groups excluding carboxylic acids is 2. The van der Waals surface area contributed by atoms with Crippen molar-refractivity contribution in [3.8, 4) is 0 Å². The fourth-order valence-electron chi connectivity index (χ4n) is 1.87. The molecule has 0 unspecified atom stereocenters. The summed E-state index contributed by atoms with van der Waals surface area (Å²) in [5, 5.41) is 34.7. The lowest BCUT2D eigenvalue weighted by atomic mass is 9.75. The molecule has 3 rings (SSSR count). The van der Waals surface area contributed by atoms with Gasteiger partial charge in [0, 0.05) is 35.9 Å². The van der Waals surface area contributed by atoms with Crippen LogP contribution in [-0.4, -0.2) is 56.1 Å². The van der Waals surface area contributed by atoms with Crippen LogP contribution < -0.4 is 22.4 Å². The van der Waals surface area contributed by atoms with Crippen LogP contribution in [-0.2, 0) is 0 Å². The second-order valence-electron chi connectivity index (χ2n) is 5.61. The predicted octanol–water partition coefficient (Wildman–Crippen LogP) is -2.59. The molecule has 0 fully saturated rings. The molecule has 0 aliphatic heterocycles. The minimum atomic E-state index is -1.52. The molecule has 0 saturated heterocycles. The summed E-state index contributed by atoms with van der Waals surface area (Å²) in [5.74, 6) is -0.838. The molecule has 2 heterocycles. The van der Waals surface area contributed by atoms with Crippen LogP contribution in [0.15, 0.2) is 73.3 Å². The van der Waals surface area contributed by atoms with Crippen molar-refractivity contribution in [2.24, 2.45) is 11.5 Å². The third-order valence-electron chi connectivity index (χ3n) is 3.46. The van der Waals surface area contributed by atoms with Crippen molar-refractivity contribution in [1.29, 1.82) is 0 Å². The smallest absolute Gasteiger partial charge is 0.423 e. The number of rotatable bonds is 4. The molecule has 0 aliphatic rings. The topological polar surface area (TPSA) is 193 Å². The van der Waals surface area contributed by atoms with Crippen LogP contribution in [0.2, 0.25) is 0 Å². The molecule has 8 N–H and O–H groups in total. The highest BCUT2D eigenvalue weighted by Crippen LogP contribution is 1.92. The number of benzene rings is 1. The van der Waals surface area contributed by atoms with E-state index in [1.54, 1.807) is 24.3 Å². The Bertz CT molecular complexity index is 836. The van der Waals surface area contributed by atoms with Crippen LogP contribution in [0, 0.1) is 0 Å². The van der Waals surface area contributed by atoms with Gasteiger partial charge in [0.2, 0.25) is 11.8 Å². The van der Waals surface area contributed by atoms with E-state index in [2.05, 4.69) is 9.97 Å². The van der Waals surface area contributed by atoms with Gasteiger partial charge < -0.3 is 31.6 Å². The first kappa shape index (κ1) is 24.5. The maximum Gasteiger partial charge on any atom is 0.488 e. The molecule has 0 aliphatic carbocycles. The number of nitrogens with zero attached hydrogens (tertiary/aromatic N) is 2. The summed E-state index contributed by atoms with van der Waals surface area (Å²) in [4.78, 5) is 28.2. The van der Waals surface area contributed by atoms with Gasteiger partial charge in [0.1, 0.15) is 0 Å². The molecule has 2 amide bonds. The minimum absolute atomic E-state index is 0.319. The standard InChI is InChI=1S/C6H8B2O4.2C6H6N2O/c9-7(10)5-1-2-6(4-3-5)8(11)12;2*7-6(9)5-1-3-8-4-2-5/h1-4,9-12H;2*1-4H,(H2,7,9). The highest BCUT2D eigenvalue weighted by molar-refractivity contribution is 6.60. The van der Waals surface area contributed by atoms with E-state index in [9.17, 15) is 9.59 Å². The second-order valence-corrected chi connectivity index (χ2v) is 5.61. The Morgan fingerprint density at radius 3 is 1.03 bits per heavy atom. The fraction of sp³-hybridized carbons (Fsp3) is 0. The van der Waals surface area contributed by atoms with Crippen LogP contribution >= 0.6 is 0 Å². The highest BCUT2D eigenvalue weighted by atomic mass is 16.4. The molecule has 10 nitrogen and oxygen atoms in total. The molecule has 0 atom stereocenters. The first-order chi connectivity index (χ1) is 14.2. The van der Waals surface area contributed by atoms with Crippen molar-refractivity contribution in [3.63, 3.8) is 0 Å². The molecule has 3 aromatic rings. The fourth-order valence-corrected chi connectivity index (χ4v) is 1.87. The number of aromatic nitrogens is 2. The SMILES string of the molecule is NC(=O)c1ccncc1.NC(=O)c1ccncc1.OB(O)c1ccc(B(O)O)cc1. The van der Waals surface area contributed by atoms with Crippen molar-refractivity contribution in [2.45, 2.75) is 0 Å². The molecule has 0 spiro atoms. The largest absolute Gasteiger partial charge is 0.488 e. The van der Waals surface area contributed by atoms with Crippen LogP contribution in [0.25, 0.3) is 0 Å². The van der Waals surface area contributed by atoms with Crippen molar-refractivity contribution in [1.82, 2.24) is 9.97 Å². The van der Waals surface area contributed by atoms with Crippen LogP contribution in [0.4, 0.5) is 0 Å². The summed E-state index contributed by atoms with van der Waals surface area (Å²) in [6.45, 7) is 0. The van der Waals surface area contributed by atoms with E-state index in [1.807, 2.05) is 0 Å². The zero-order chi connectivity index (χ0) is 22.5. The van der Waals surface area contributed by atoms with Crippen LogP contribution in [0.1, 0.15) is 20.7 Å². The molecule has 2 aromatic heterocycles. The van der Waals surface area contributed by atoms with Gasteiger partial charge in [-0.15, -0.1) is 0 Å². The van der Waals surface area contributed by atoms with Crippen LogP contribution in [0.3, 0.4) is 0 Å². The summed E-state index contributed by atoms with van der Waals surface area (Å²) in [6.07, 6.45) is 6.11. The number of hydrogen-bond acceptors (Lipinski definition) is 8. The van der Waals surface area contributed by atoms with E-state index in [-0.39, 0.29) is 0 Å². The Morgan fingerprint density at radius 1 is 0.600 bits per heavy atom. The summed E-state index contributed by atoms with van der Waals surface area (Å²) < 4.78 is 0.